The summed E-state index contributed by atoms with van der Waals surface area (Å²) in [5.41, 5.74) is 12.0. The van der Waals surface area contributed by atoms with E-state index in [1.807, 2.05) is 60.4 Å². The highest BCUT2D eigenvalue weighted by atomic mass is 35.5. The molecule has 3 aromatic carbocycles. The number of nitrogens with two attached hydrogens (primary N) is 1. The summed E-state index contributed by atoms with van der Waals surface area (Å²) in [5, 5.41) is 0.314. The zero-order chi connectivity index (χ0) is 26.5. The van der Waals surface area contributed by atoms with Crippen LogP contribution in [0.2, 0.25) is 5.02 Å². The Balaban J connectivity index is 2.13. The highest BCUT2D eigenvalue weighted by Gasteiger charge is 2.17. The van der Waals surface area contributed by atoms with Crippen LogP contribution in [0.15, 0.2) is 71.6 Å². The van der Waals surface area contributed by atoms with Crippen molar-refractivity contribution in [3.63, 3.8) is 0 Å². The summed E-state index contributed by atoms with van der Waals surface area (Å²) in [6.07, 6.45) is 6.18. The maximum absolute atomic E-state index is 13.8. The van der Waals surface area contributed by atoms with E-state index in [9.17, 15) is 17.6 Å². The number of anilines is 1. The molecule has 0 atom stereocenters. The van der Waals surface area contributed by atoms with Crippen LogP contribution in [0.25, 0.3) is 17.2 Å². The van der Waals surface area contributed by atoms with Crippen LogP contribution in [0.5, 0.6) is 0 Å². The molecule has 0 radical (unpaired) electrons. The quantitative estimate of drug-likeness (QED) is 0.152. The summed E-state index contributed by atoms with van der Waals surface area (Å²) in [7, 11) is -3.63. The number of thioether (sulfide) groups is 1. The first-order valence-electron chi connectivity index (χ1n) is 10.9. The van der Waals surface area contributed by atoms with Gasteiger partial charge in [-0.1, -0.05) is 54.9 Å². The second-order valence-electron chi connectivity index (χ2n) is 7.98. The monoisotopic (exact) mass is 544 g/mol. The number of amides is 1. The third kappa shape index (κ3) is 7.00. The van der Waals surface area contributed by atoms with E-state index in [4.69, 9.17) is 17.3 Å². The van der Waals surface area contributed by atoms with E-state index in [2.05, 4.69) is 0 Å². The predicted molar refractivity (Wildman–Crippen MR) is 149 cm³/mol. The SMILES string of the molecule is CCC(=C(c1ccc(C=CC(=O)NS(C)(=O)=O)cc1)c1ccc(SC)c(N)c1)c1ccc(F)cc1Cl. The van der Waals surface area contributed by atoms with Crippen molar-refractivity contribution in [2.45, 2.75) is 18.2 Å². The van der Waals surface area contributed by atoms with Gasteiger partial charge in [0.2, 0.25) is 10.0 Å². The van der Waals surface area contributed by atoms with Gasteiger partial charge in [-0.3, -0.25) is 4.79 Å². The zero-order valence-corrected chi connectivity index (χ0v) is 22.4. The maximum Gasteiger partial charge on any atom is 0.257 e. The highest BCUT2D eigenvalue weighted by Crippen LogP contribution is 2.39. The van der Waals surface area contributed by atoms with E-state index in [-0.39, 0.29) is 0 Å². The van der Waals surface area contributed by atoms with Gasteiger partial charge in [0.1, 0.15) is 5.82 Å². The van der Waals surface area contributed by atoms with Crippen LogP contribution in [0.4, 0.5) is 10.1 Å². The van der Waals surface area contributed by atoms with Crippen molar-refractivity contribution in [3.05, 3.63) is 99.8 Å². The number of rotatable bonds is 8. The van der Waals surface area contributed by atoms with Crippen molar-refractivity contribution < 1.29 is 17.6 Å². The van der Waals surface area contributed by atoms with E-state index in [0.717, 1.165) is 45.1 Å². The Morgan fingerprint density at radius 2 is 1.75 bits per heavy atom. The minimum absolute atomic E-state index is 0.314. The van der Waals surface area contributed by atoms with Gasteiger partial charge in [0, 0.05) is 16.7 Å². The number of sulfonamides is 1. The van der Waals surface area contributed by atoms with Gasteiger partial charge in [0.25, 0.3) is 5.91 Å². The summed E-state index contributed by atoms with van der Waals surface area (Å²) in [4.78, 5) is 12.7. The number of carbonyl (C=O) groups excluding carboxylic acids is 1. The molecule has 3 rings (SSSR count). The first-order valence-corrected chi connectivity index (χ1v) is 14.4. The molecule has 1 amide bonds. The van der Waals surface area contributed by atoms with Gasteiger partial charge in [-0.2, -0.15) is 0 Å². The van der Waals surface area contributed by atoms with Crippen molar-refractivity contribution in [1.82, 2.24) is 4.72 Å². The topological polar surface area (TPSA) is 89.3 Å². The lowest BCUT2D eigenvalue weighted by Gasteiger charge is -2.18. The smallest absolute Gasteiger partial charge is 0.257 e. The Bertz CT molecular complexity index is 1450. The van der Waals surface area contributed by atoms with Gasteiger partial charge in [-0.05, 0) is 76.4 Å². The Hall–Kier alpha value is -3.07. The van der Waals surface area contributed by atoms with Crippen molar-refractivity contribution in [2.75, 3.05) is 18.2 Å². The van der Waals surface area contributed by atoms with Crippen LogP contribution in [0, 0.1) is 5.82 Å². The Kier molecular flexibility index (Phi) is 9.00. The zero-order valence-electron chi connectivity index (χ0n) is 20.0. The summed E-state index contributed by atoms with van der Waals surface area (Å²) in [6.45, 7) is 2.01. The highest BCUT2D eigenvalue weighted by molar-refractivity contribution is 7.98. The molecule has 5 nitrogen and oxygen atoms in total. The lowest BCUT2D eigenvalue weighted by molar-refractivity contribution is -0.114. The third-order valence-electron chi connectivity index (χ3n) is 5.34. The van der Waals surface area contributed by atoms with E-state index in [1.165, 1.54) is 18.2 Å². The van der Waals surface area contributed by atoms with Gasteiger partial charge >= 0.3 is 0 Å². The molecular formula is C27H26ClFN2O3S2. The largest absolute Gasteiger partial charge is 0.398 e. The number of hydrogen-bond donors (Lipinski definition) is 2. The standard InChI is InChI=1S/C27H26ClFN2O3S2/c1-4-21(22-12-11-20(29)16-23(22)28)27(19-10-13-25(35-2)24(30)15-19)18-8-5-17(6-9-18)7-14-26(32)31-36(3,33)34/h5-16H,4,30H2,1-3H3,(H,31,32). The molecule has 0 aliphatic carbocycles. The summed E-state index contributed by atoms with van der Waals surface area (Å²) < 4.78 is 38.1. The number of hydrogen-bond acceptors (Lipinski definition) is 5. The third-order valence-corrected chi connectivity index (χ3v) is 7.04. The van der Waals surface area contributed by atoms with Gasteiger partial charge in [0.15, 0.2) is 0 Å². The molecule has 0 aliphatic heterocycles. The van der Waals surface area contributed by atoms with E-state index < -0.39 is 21.7 Å². The Morgan fingerprint density at radius 3 is 2.31 bits per heavy atom. The fraction of sp³-hybridized carbons (Fsp3) is 0.148. The van der Waals surface area contributed by atoms with Crippen LogP contribution in [-0.4, -0.2) is 26.8 Å². The van der Waals surface area contributed by atoms with Crippen molar-refractivity contribution in [2.24, 2.45) is 0 Å². The number of allylic oxidation sites excluding steroid dienone is 1. The Morgan fingerprint density at radius 1 is 1.08 bits per heavy atom. The Labute approximate surface area is 220 Å². The minimum atomic E-state index is -3.63. The molecule has 0 heterocycles. The molecule has 0 aliphatic rings. The molecule has 188 valence electrons. The molecular weight excluding hydrogens is 519 g/mol. The molecule has 0 unspecified atom stereocenters. The van der Waals surface area contributed by atoms with Crippen LogP contribution >= 0.6 is 23.4 Å². The molecule has 36 heavy (non-hydrogen) atoms. The van der Waals surface area contributed by atoms with Gasteiger partial charge in [-0.15, -0.1) is 11.8 Å². The first kappa shape index (κ1) is 27.5. The maximum atomic E-state index is 13.8. The van der Waals surface area contributed by atoms with E-state index in [0.29, 0.717) is 22.7 Å². The molecule has 0 saturated heterocycles. The van der Waals surface area contributed by atoms with Crippen LogP contribution in [0.3, 0.4) is 0 Å². The van der Waals surface area contributed by atoms with Gasteiger partial charge in [-0.25, -0.2) is 17.5 Å². The average molecular weight is 545 g/mol. The second kappa shape index (κ2) is 11.8. The van der Waals surface area contributed by atoms with Crippen LogP contribution in [-0.2, 0) is 14.8 Å². The summed E-state index contributed by atoms with van der Waals surface area (Å²) >= 11 is 8.01. The molecule has 9 heteroatoms. The lowest BCUT2D eigenvalue weighted by atomic mass is 9.87. The molecule has 0 saturated carbocycles. The molecule has 0 bridgehead atoms. The van der Waals surface area contributed by atoms with Gasteiger partial charge in [0.05, 0.1) is 11.3 Å². The fourth-order valence-electron chi connectivity index (χ4n) is 3.79. The fourth-order valence-corrected chi connectivity index (χ4v) is 5.00. The minimum Gasteiger partial charge on any atom is -0.398 e. The average Bonchev–Trinajstić information content (AvgIpc) is 2.81. The summed E-state index contributed by atoms with van der Waals surface area (Å²) in [5.74, 6) is -1.14. The van der Waals surface area contributed by atoms with Gasteiger partial charge < -0.3 is 5.73 Å². The number of nitrogens with one attached hydrogen (secondary N) is 1. The molecule has 3 aromatic rings. The molecule has 3 N–H and O–H groups in total. The second-order valence-corrected chi connectivity index (χ2v) is 11.0. The lowest BCUT2D eigenvalue weighted by Crippen LogP contribution is -2.27. The molecule has 0 aromatic heterocycles. The first-order chi connectivity index (χ1) is 17.0. The summed E-state index contributed by atoms with van der Waals surface area (Å²) in [6, 6.07) is 17.7. The number of halogens is 2. The van der Waals surface area contributed by atoms with E-state index in [1.54, 1.807) is 17.8 Å². The number of carbonyl (C=O) groups is 1. The number of nitrogen functional groups attached to an aromatic ring is 1. The molecule has 0 spiro atoms. The van der Waals surface area contributed by atoms with Crippen molar-refractivity contribution in [1.29, 1.82) is 0 Å². The number of benzene rings is 3. The predicted octanol–water partition coefficient (Wildman–Crippen LogP) is 6.24. The molecule has 0 fully saturated rings. The normalized spacial score (nSPS) is 12.5. The van der Waals surface area contributed by atoms with Crippen LogP contribution in [0.1, 0.15) is 35.6 Å². The van der Waals surface area contributed by atoms with Crippen molar-refractivity contribution >= 4 is 62.2 Å². The van der Waals surface area contributed by atoms with Crippen LogP contribution < -0.4 is 10.5 Å². The van der Waals surface area contributed by atoms with E-state index >= 15 is 0 Å². The van der Waals surface area contributed by atoms with Crippen molar-refractivity contribution in [3.8, 4) is 0 Å².